The number of hydrogen-bond acceptors (Lipinski definition) is 4. The van der Waals surface area contributed by atoms with Crippen LogP contribution in [0.5, 0.6) is 0 Å². The summed E-state index contributed by atoms with van der Waals surface area (Å²) in [5, 5.41) is 11.5. The number of aliphatic hydroxyl groups excluding tert-OH is 1. The van der Waals surface area contributed by atoms with Crippen LogP contribution in [0.2, 0.25) is 0 Å². The average Bonchev–Trinajstić information content (AvgIpc) is 3.14. The number of benzene rings is 1. The van der Waals surface area contributed by atoms with Crippen molar-refractivity contribution in [2.24, 2.45) is 0 Å². The Bertz CT molecular complexity index is 922. The highest BCUT2D eigenvalue weighted by Gasteiger charge is 2.34. The van der Waals surface area contributed by atoms with E-state index in [0.29, 0.717) is 19.3 Å². The largest absolute Gasteiger partial charge is 0.469 e. The number of nitrogens with one attached hydrogen (secondary N) is 1. The molecule has 1 aromatic heterocycles. The van der Waals surface area contributed by atoms with Gasteiger partial charge in [-0.25, -0.2) is 0 Å². The van der Waals surface area contributed by atoms with E-state index in [9.17, 15) is 22.8 Å². The Labute approximate surface area is 179 Å². The van der Waals surface area contributed by atoms with E-state index in [-0.39, 0.29) is 30.3 Å². The molecule has 2 N–H and O–H groups in total. The number of hydrogen-bond donors (Lipinski definition) is 2. The first kappa shape index (κ1) is 24.5. The Balaban J connectivity index is 2.43. The first-order valence-electron chi connectivity index (χ1n) is 10.0. The van der Waals surface area contributed by atoms with Crippen molar-refractivity contribution in [3.63, 3.8) is 0 Å². The third-order valence-corrected chi connectivity index (χ3v) is 5.07. The highest BCUT2D eigenvalue weighted by atomic mass is 19.4. The quantitative estimate of drug-likeness (QED) is 0.568. The number of methoxy groups -OCH3 is 1. The number of alkyl halides is 3. The molecule has 31 heavy (non-hydrogen) atoms. The summed E-state index contributed by atoms with van der Waals surface area (Å²) in [6.45, 7) is 3.85. The molecular formula is C22H27F3N2O4. The van der Waals surface area contributed by atoms with Crippen LogP contribution in [0.25, 0.3) is 0 Å². The molecule has 9 heteroatoms. The predicted octanol–water partition coefficient (Wildman–Crippen LogP) is 4.37. The topological polar surface area (TPSA) is 80.6 Å². The summed E-state index contributed by atoms with van der Waals surface area (Å²) in [5.41, 5.74) is -0.0850. The highest BCUT2D eigenvalue weighted by molar-refractivity contribution is 6.04. The van der Waals surface area contributed by atoms with Gasteiger partial charge in [0.2, 0.25) is 0 Å². The number of amides is 1. The third kappa shape index (κ3) is 6.10. The maximum atomic E-state index is 13.5. The monoisotopic (exact) mass is 440 g/mol. The summed E-state index contributed by atoms with van der Waals surface area (Å²) in [4.78, 5) is 24.5. The van der Waals surface area contributed by atoms with Crippen LogP contribution in [-0.4, -0.2) is 35.3 Å². The van der Waals surface area contributed by atoms with E-state index in [1.807, 2.05) is 13.8 Å². The van der Waals surface area contributed by atoms with E-state index in [1.165, 1.54) is 13.2 Å². The van der Waals surface area contributed by atoms with Gasteiger partial charge in [-0.05, 0) is 56.0 Å². The van der Waals surface area contributed by atoms with Gasteiger partial charge in [0, 0.05) is 18.3 Å². The maximum Gasteiger partial charge on any atom is 0.418 e. The molecule has 0 radical (unpaired) electrons. The lowest BCUT2D eigenvalue weighted by molar-refractivity contribution is -0.139. The van der Waals surface area contributed by atoms with Crippen LogP contribution in [0.1, 0.15) is 60.0 Å². The molecule has 0 fully saturated rings. The van der Waals surface area contributed by atoms with E-state index >= 15 is 0 Å². The van der Waals surface area contributed by atoms with Crippen LogP contribution >= 0.6 is 0 Å². The number of aliphatic hydroxyl groups is 1. The normalized spacial score (nSPS) is 12.5. The van der Waals surface area contributed by atoms with E-state index in [2.05, 4.69) is 10.1 Å². The number of halogens is 3. The van der Waals surface area contributed by atoms with Crippen LogP contribution in [0.3, 0.4) is 0 Å². The Hall–Kier alpha value is -2.81. The number of carbonyl (C=O) groups is 2. The molecule has 0 saturated carbocycles. The molecule has 1 aromatic carbocycles. The molecule has 0 aliphatic carbocycles. The second kappa shape index (κ2) is 10.5. The van der Waals surface area contributed by atoms with E-state index in [0.717, 1.165) is 17.8 Å². The first-order valence-corrected chi connectivity index (χ1v) is 10.0. The zero-order valence-electron chi connectivity index (χ0n) is 17.8. The molecule has 1 amide bonds. The molecule has 2 aromatic rings. The number of nitrogens with zero attached hydrogens (tertiary/aromatic N) is 1. The number of aromatic nitrogens is 1. The maximum absolute atomic E-state index is 13.5. The van der Waals surface area contributed by atoms with Gasteiger partial charge in [0.05, 0.1) is 24.8 Å². The number of esters is 1. The highest BCUT2D eigenvalue weighted by Crippen LogP contribution is 2.36. The van der Waals surface area contributed by atoms with Crippen molar-refractivity contribution in [1.82, 2.24) is 4.57 Å². The third-order valence-electron chi connectivity index (χ3n) is 5.07. The van der Waals surface area contributed by atoms with E-state index < -0.39 is 29.3 Å². The van der Waals surface area contributed by atoms with Gasteiger partial charge in [0.25, 0.3) is 5.91 Å². The minimum atomic E-state index is -4.68. The Morgan fingerprint density at radius 3 is 2.52 bits per heavy atom. The van der Waals surface area contributed by atoms with Crippen LogP contribution in [-0.2, 0) is 28.5 Å². The van der Waals surface area contributed by atoms with Gasteiger partial charge in [-0.2, -0.15) is 13.2 Å². The Morgan fingerprint density at radius 2 is 1.94 bits per heavy atom. The van der Waals surface area contributed by atoms with Crippen molar-refractivity contribution in [1.29, 1.82) is 0 Å². The van der Waals surface area contributed by atoms with Crippen molar-refractivity contribution < 1.29 is 32.6 Å². The second-order valence-corrected chi connectivity index (χ2v) is 7.25. The van der Waals surface area contributed by atoms with Crippen LogP contribution in [0, 0.1) is 0 Å². The molecular weight excluding hydrogens is 413 g/mol. The van der Waals surface area contributed by atoms with E-state index in [1.54, 1.807) is 16.7 Å². The van der Waals surface area contributed by atoms with Crippen LogP contribution in [0.15, 0.2) is 30.3 Å². The Morgan fingerprint density at radius 1 is 1.23 bits per heavy atom. The van der Waals surface area contributed by atoms with Gasteiger partial charge < -0.3 is 19.7 Å². The number of rotatable bonds is 9. The number of aryl methyl sites for hydroxylation is 1. The average molecular weight is 440 g/mol. The van der Waals surface area contributed by atoms with Crippen molar-refractivity contribution in [2.45, 2.75) is 51.7 Å². The van der Waals surface area contributed by atoms with E-state index in [4.69, 9.17) is 5.11 Å². The number of carbonyl (C=O) groups excluding carboxylic acids is 2. The van der Waals surface area contributed by atoms with Crippen LogP contribution < -0.4 is 5.32 Å². The summed E-state index contributed by atoms with van der Waals surface area (Å²) in [6.07, 6.45) is -3.14. The minimum Gasteiger partial charge on any atom is -0.469 e. The van der Waals surface area contributed by atoms with Gasteiger partial charge >= 0.3 is 12.1 Å². The summed E-state index contributed by atoms with van der Waals surface area (Å²) in [7, 11) is 1.19. The lowest BCUT2D eigenvalue weighted by Gasteiger charge is -2.20. The minimum absolute atomic E-state index is 0.00482. The van der Waals surface area contributed by atoms with Crippen molar-refractivity contribution in [3.05, 3.63) is 52.8 Å². The van der Waals surface area contributed by atoms with Gasteiger partial charge in [-0.1, -0.05) is 13.0 Å². The molecule has 1 atom stereocenters. The zero-order valence-corrected chi connectivity index (χ0v) is 17.8. The summed E-state index contributed by atoms with van der Waals surface area (Å²) < 4.78 is 46.8. The molecule has 0 aliphatic rings. The van der Waals surface area contributed by atoms with Crippen molar-refractivity contribution in [3.8, 4) is 0 Å². The molecule has 0 aliphatic heterocycles. The number of ether oxygens (including phenoxy) is 1. The lowest BCUT2D eigenvalue weighted by atomic mass is 10.1. The van der Waals surface area contributed by atoms with Gasteiger partial charge in [0.1, 0.15) is 5.69 Å². The van der Waals surface area contributed by atoms with Gasteiger partial charge in [0.15, 0.2) is 0 Å². The van der Waals surface area contributed by atoms with Gasteiger partial charge in [-0.3, -0.25) is 9.59 Å². The number of anilines is 1. The SMILES string of the molecule is CC[C@H](C)n1c(CCCO)ccc1C(=O)Nc1cc(CC(=O)OC)ccc1C(F)(F)F. The fourth-order valence-electron chi connectivity index (χ4n) is 3.32. The molecule has 0 spiro atoms. The Kier molecular flexibility index (Phi) is 8.27. The van der Waals surface area contributed by atoms with Gasteiger partial charge in [-0.15, -0.1) is 0 Å². The molecule has 0 unspecified atom stereocenters. The second-order valence-electron chi connectivity index (χ2n) is 7.25. The molecule has 6 nitrogen and oxygen atoms in total. The summed E-state index contributed by atoms with van der Waals surface area (Å²) >= 11 is 0. The fraction of sp³-hybridized carbons (Fsp3) is 0.455. The molecule has 0 saturated heterocycles. The van der Waals surface area contributed by atoms with Crippen molar-refractivity contribution >= 4 is 17.6 Å². The predicted molar refractivity (Wildman–Crippen MR) is 110 cm³/mol. The molecule has 0 bridgehead atoms. The molecule has 2 rings (SSSR count). The smallest absolute Gasteiger partial charge is 0.418 e. The first-order chi connectivity index (χ1) is 14.6. The fourth-order valence-corrected chi connectivity index (χ4v) is 3.32. The standard InChI is InChI=1S/C22H27F3N2O4/c1-4-14(2)27-16(6-5-11-28)8-10-19(27)21(30)26-18-12-15(13-20(29)31-3)7-9-17(18)22(23,24)25/h7-10,12,14,28H,4-6,11,13H2,1-3H3,(H,26,30)/t14-/m0/s1. The van der Waals surface area contributed by atoms with Crippen molar-refractivity contribution in [2.75, 3.05) is 19.0 Å². The molecule has 1 heterocycles. The zero-order chi connectivity index (χ0) is 23.2. The molecule has 170 valence electrons. The van der Waals surface area contributed by atoms with Crippen LogP contribution in [0.4, 0.5) is 18.9 Å². The lowest BCUT2D eigenvalue weighted by Crippen LogP contribution is -2.22. The summed E-state index contributed by atoms with van der Waals surface area (Å²) in [5.74, 6) is -1.28. The summed E-state index contributed by atoms with van der Waals surface area (Å²) in [6, 6.07) is 6.42.